The Hall–Kier alpha value is -3.29. The van der Waals surface area contributed by atoms with Gasteiger partial charge in [-0.1, -0.05) is 6.07 Å². The van der Waals surface area contributed by atoms with Crippen LogP contribution < -0.4 is 11.1 Å². The molecule has 0 fully saturated rings. The van der Waals surface area contributed by atoms with Crippen LogP contribution in [0.1, 0.15) is 16.3 Å². The molecule has 0 aliphatic rings. The lowest BCUT2D eigenvalue weighted by Gasteiger charge is -2.09. The Bertz CT molecular complexity index is 827. The van der Waals surface area contributed by atoms with Crippen LogP contribution in [0, 0.1) is 6.92 Å². The van der Waals surface area contributed by atoms with Gasteiger partial charge in [-0.3, -0.25) is 9.36 Å². The predicted octanol–water partition coefficient (Wildman–Crippen LogP) is 1.20. The molecule has 2 heterocycles. The predicted molar refractivity (Wildman–Crippen MR) is 80.5 cm³/mol. The molecule has 0 spiro atoms. The van der Waals surface area contributed by atoms with Gasteiger partial charge in [0.2, 0.25) is 0 Å². The van der Waals surface area contributed by atoms with Gasteiger partial charge in [-0.25, -0.2) is 9.97 Å². The van der Waals surface area contributed by atoms with E-state index in [1.54, 1.807) is 18.5 Å². The lowest BCUT2D eigenvalue weighted by molar-refractivity contribution is 0.102. The minimum Gasteiger partial charge on any atom is -0.382 e. The molecule has 0 aliphatic carbocycles. The van der Waals surface area contributed by atoms with Crippen LogP contribution in [-0.4, -0.2) is 30.6 Å². The smallest absolute Gasteiger partial charge is 0.278 e. The Morgan fingerprint density at radius 2 is 2.09 bits per heavy atom. The van der Waals surface area contributed by atoms with Crippen molar-refractivity contribution in [1.29, 1.82) is 0 Å². The SMILES string of the molecule is Cc1nncn1-c1cccc(NC(=O)c2nccnc2N)c1. The van der Waals surface area contributed by atoms with E-state index in [1.807, 2.05) is 23.6 Å². The van der Waals surface area contributed by atoms with Crippen molar-refractivity contribution in [2.75, 3.05) is 11.1 Å². The molecule has 0 atom stereocenters. The lowest BCUT2D eigenvalue weighted by Crippen LogP contribution is -2.16. The molecule has 22 heavy (non-hydrogen) atoms. The second kappa shape index (κ2) is 5.60. The molecule has 1 amide bonds. The van der Waals surface area contributed by atoms with E-state index in [0.29, 0.717) is 5.69 Å². The zero-order valence-electron chi connectivity index (χ0n) is 11.8. The van der Waals surface area contributed by atoms with Gasteiger partial charge in [-0.05, 0) is 25.1 Å². The highest BCUT2D eigenvalue weighted by atomic mass is 16.1. The number of amides is 1. The number of hydrogen-bond acceptors (Lipinski definition) is 6. The Morgan fingerprint density at radius 3 is 2.82 bits per heavy atom. The standard InChI is InChI=1S/C14H13N7O/c1-9-20-18-8-21(9)11-4-2-3-10(7-11)19-14(22)12-13(15)17-6-5-16-12/h2-8H,1H3,(H2,15,17)(H,19,22). The normalized spacial score (nSPS) is 10.4. The number of anilines is 2. The average molecular weight is 295 g/mol. The maximum atomic E-state index is 12.2. The number of nitrogens with two attached hydrogens (primary N) is 1. The summed E-state index contributed by atoms with van der Waals surface area (Å²) in [4.78, 5) is 20.0. The van der Waals surface area contributed by atoms with E-state index in [-0.39, 0.29) is 11.5 Å². The van der Waals surface area contributed by atoms with Crippen LogP contribution >= 0.6 is 0 Å². The third kappa shape index (κ3) is 2.62. The van der Waals surface area contributed by atoms with Crippen molar-refractivity contribution in [2.24, 2.45) is 0 Å². The molecule has 3 aromatic rings. The van der Waals surface area contributed by atoms with Crippen LogP contribution in [0.5, 0.6) is 0 Å². The van der Waals surface area contributed by atoms with Crippen molar-refractivity contribution in [3.05, 3.63) is 54.5 Å². The lowest BCUT2D eigenvalue weighted by atomic mass is 10.2. The average Bonchev–Trinajstić information content (AvgIpc) is 2.94. The van der Waals surface area contributed by atoms with E-state index < -0.39 is 5.91 Å². The summed E-state index contributed by atoms with van der Waals surface area (Å²) in [5.41, 5.74) is 7.19. The number of carbonyl (C=O) groups excluding carboxylic acids is 1. The summed E-state index contributed by atoms with van der Waals surface area (Å²) in [7, 11) is 0. The van der Waals surface area contributed by atoms with Crippen LogP contribution in [0.4, 0.5) is 11.5 Å². The van der Waals surface area contributed by atoms with E-state index >= 15 is 0 Å². The van der Waals surface area contributed by atoms with Crippen LogP contribution in [0.2, 0.25) is 0 Å². The summed E-state index contributed by atoms with van der Waals surface area (Å²) < 4.78 is 1.81. The fourth-order valence-electron chi connectivity index (χ4n) is 1.99. The highest BCUT2D eigenvalue weighted by Gasteiger charge is 2.12. The maximum Gasteiger partial charge on any atom is 0.278 e. The second-order valence-electron chi connectivity index (χ2n) is 4.54. The van der Waals surface area contributed by atoms with E-state index in [1.165, 1.54) is 12.4 Å². The van der Waals surface area contributed by atoms with Crippen molar-refractivity contribution in [3.63, 3.8) is 0 Å². The van der Waals surface area contributed by atoms with E-state index in [2.05, 4.69) is 25.5 Å². The number of benzene rings is 1. The summed E-state index contributed by atoms with van der Waals surface area (Å²) in [5, 5.41) is 10.5. The number of carbonyl (C=O) groups is 1. The molecule has 0 bridgehead atoms. The molecule has 0 radical (unpaired) electrons. The third-order valence-corrected chi connectivity index (χ3v) is 3.04. The molecule has 2 aromatic heterocycles. The summed E-state index contributed by atoms with van der Waals surface area (Å²) in [6, 6.07) is 7.29. The quantitative estimate of drug-likeness (QED) is 0.751. The Labute approximate surface area is 126 Å². The van der Waals surface area contributed by atoms with Gasteiger partial charge in [0.25, 0.3) is 5.91 Å². The van der Waals surface area contributed by atoms with Crippen molar-refractivity contribution in [3.8, 4) is 5.69 Å². The molecule has 3 rings (SSSR count). The molecule has 8 heteroatoms. The van der Waals surface area contributed by atoms with Crippen LogP contribution in [0.25, 0.3) is 5.69 Å². The van der Waals surface area contributed by atoms with Crippen LogP contribution in [-0.2, 0) is 0 Å². The first-order chi connectivity index (χ1) is 10.6. The molecule has 3 N–H and O–H groups in total. The summed E-state index contributed by atoms with van der Waals surface area (Å²) in [5.74, 6) is 0.427. The first-order valence-electron chi connectivity index (χ1n) is 6.50. The zero-order valence-corrected chi connectivity index (χ0v) is 11.8. The topological polar surface area (TPSA) is 112 Å². The molecule has 0 saturated heterocycles. The molecular formula is C14H13N7O. The minimum atomic E-state index is -0.414. The number of aryl methyl sites for hydroxylation is 1. The van der Waals surface area contributed by atoms with Gasteiger partial charge in [0, 0.05) is 18.1 Å². The molecule has 1 aromatic carbocycles. The number of nitrogens with zero attached hydrogens (tertiary/aromatic N) is 5. The molecule has 0 unspecified atom stereocenters. The fraction of sp³-hybridized carbons (Fsp3) is 0.0714. The summed E-state index contributed by atoms with van der Waals surface area (Å²) in [6.07, 6.45) is 4.46. The first-order valence-corrected chi connectivity index (χ1v) is 6.50. The largest absolute Gasteiger partial charge is 0.382 e. The van der Waals surface area contributed by atoms with Gasteiger partial charge in [0.15, 0.2) is 11.5 Å². The van der Waals surface area contributed by atoms with Crippen molar-refractivity contribution >= 4 is 17.4 Å². The molecule has 0 aliphatic heterocycles. The van der Waals surface area contributed by atoms with Crippen molar-refractivity contribution in [2.45, 2.75) is 6.92 Å². The minimum absolute atomic E-state index is 0.0887. The van der Waals surface area contributed by atoms with Gasteiger partial charge in [-0.2, -0.15) is 0 Å². The van der Waals surface area contributed by atoms with Gasteiger partial charge in [0.05, 0.1) is 5.69 Å². The van der Waals surface area contributed by atoms with Crippen molar-refractivity contribution < 1.29 is 4.79 Å². The van der Waals surface area contributed by atoms with Crippen molar-refractivity contribution in [1.82, 2.24) is 24.7 Å². The summed E-state index contributed by atoms with van der Waals surface area (Å²) in [6.45, 7) is 1.85. The monoisotopic (exact) mass is 295 g/mol. The van der Waals surface area contributed by atoms with Gasteiger partial charge >= 0.3 is 0 Å². The third-order valence-electron chi connectivity index (χ3n) is 3.04. The number of aromatic nitrogens is 5. The zero-order chi connectivity index (χ0) is 15.5. The fourth-order valence-corrected chi connectivity index (χ4v) is 1.99. The highest BCUT2D eigenvalue weighted by Crippen LogP contribution is 2.16. The first kappa shape index (κ1) is 13.7. The van der Waals surface area contributed by atoms with Crippen LogP contribution in [0.15, 0.2) is 43.0 Å². The molecule has 8 nitrogen and oxygen atoms in total. The Morgan fingerprint density at radius 1 is 1.27 bits per heavy atom. The molecule has 0 saturated carbocycles. The second-order valence-corrected chi connectivity index (χ2v) is 4.54. The number of nitrogens with one attached hydrogen (secondary N) is 1. The molecule has 110 valence electrons. The number of rotatable bonds is 3. The Kier molecular flexibility index (Phi) is 3.48. The number of hydrogen-bond donors (Lipinski definition) is 2. The molecular weight excluding hydrogens is 282 g/mol. The van der Waals surface area contributed by atoms with Gasteiger partial charge in [0.1, 0.15) is 12.2 Å². The van der Waals surface area contributed by atoms with Gasteiger partial charge < -0.3 is 11.1 Å². The van der Waals surface area contributed by atoms with E-state index in [9.17, 15) is 4.79 Å². The maximum absolute atomic E-state index is 12.2. The highest BCUT2D eigenvalue weighted by molar-refractivity contribution is 6.05. The van der Waals surface area contributed by atoms with Crippen LogP contribution in [0.3, 0.4) is 0 Å². The summed E-state index contributed by atoms with van der Waals surface area (Å²) >= 11 is 0. The van der Waals surface area contributed by atoms with E-state index in [0.717, 1.165) is 11.5 Å². The van der Waals surface area contributed by atoms with Gasteiger partial charge in [-0.15, -0.1) is 10.2 Å². The van der Waals surface area contributed by atoms with E-state index in [4.69, 9.17) is 5.73 Å². The number of nitrogen functional groups attached to an aromatic ring is 1. The Balaban J connectivity index is 1.86.